The van der Waals surface area contributed by atoms with E-state index in [0.717, 1.165) is 5.39 Å². The number of thioether (sulfide) groups is 1. The molecule has 8 heteroatoms. The van der Waals surface area contributed by atoms with Gasteiger partial charge in [0.15, 0.2) is 5.16 Å². The average molecular weight is 457 g/mol. The Hall–Kier alpha value is -2.11. The van der Waals surface area contributed by atoms with Crippen LogP contribution in [0.5, 0.6) is 0 Å². The molecular weight excluding hydrogens is 424 g/mol. The fourth-order valence-corrected chi connectivity index (χ4v) is 10.6. The van der Waals surface area contributed by atoms with Crippen LogP contribution in [0.4, 0.5) is 0 Å². The average Bonchev–Trinajstić information content (AvgIpc) is 3.12. The molecule has 1 unspecified atom stereocenters. The van der Waals surface area contributed by atoms with Gasteiger partial charge >= 0.3 is 0 Å². The fraction of sp³-hybridized carbons (Fsp3) is 0.565. The van der Waals surface area contributed by atoms with E-state index in [1.54, 1.807) is 12.3 Å². The first kappa shape index (κ1) is 23.5. The zero-order valence-corrected chi connectivity index (χ0v) is 21.3. The Balaban J connectivity index is 2.28. The van der Waals surface area contributed by atoms with Gasteiger partial charge in [0, 0.05) is 24.4 Å². The Kier molecular flexibility index (Phi) is 6.97. The number of aromatic nitrogens is 3. The second-order valence-corrected chi connectivity index (χ2v) is 15.5. The monoisotopic (exact) mass is 456 g/mol. The van der Waals surface area contributed by atoms with E-state index in [1.165, 1.54) is 16.3 Å². The maximum Gasteiger partial charge on any atom is 0.254 e. The van der Waals surface area contributed by atoms with Crippen LogP contribution in [-0.2, 0) is 4.79 Å². The summed E-state index contributed by atoms with van der Waals surface area (Å²) in [5, 5.41) is 4.11. The predicted octanol–water partition coefficient (Wildman–Crippen LogP) is 4.14. The van der Waals surface area contributed by atoms with Crippen LogP contribution in [0, 0.1) is 11.5 Å². The zero-order chi connectivity index (χ0) is 22.9. The van der Waals surface area contributed by atoms with Gasteiger partial charge in [0.1, 0.15) is 19.8 Å². The number of hydrogen-bond donors (Lipinski definition) is 1. The number of amides is 1. The molecule has 166 valence electrons. The zero-order valence-electron chi connectivity index (χ0n) is 19.4. The molecule has 31 heavy (non-hydrogen) atoms. The smallest absolute Gasteiger partial charge is 0.254 e. The molecule has 0 radical (unpaired) electrons. The van der Waals surface area contributed by atoms with E-state index in [0.29, 0.717) is 46.0 Å². The standard InChI is InChI=1S/C23H32N4O2SSi/c1-14(2)31(15(3)4,16(5)6)11-9-17-12-20(28)27(19-8-10-24-22(19)29)21-18(17)13-25-23(26-21)30-7/h12-16,19H,8,10H2,1-7H3,(H,24,29). The molecule has 1 aliphatic rings. The Morgan fingerprint density at radius 2 is 1.81 bits per heavy atom. The Morgan fingerprint density at radius 3 is 2.32 bits per heavy atom. The molecule has 1 atom stereocenters. The van der Waals surface area contributed by atoms with Crippen molar-refractivity contribution in [3.05, 3.63) is 28.2 Å². The third-order valence-electron chi connectivity index (χ3n) is 6.56. The van der Waals surface area contributed by atoms with Crippen LogP contribution < -0.4 is 10.9 Å². The number of carbonyl (C=O) groups is 1. The summed E-state index contributed by atoms with van der Waals surface area (Å²) >= 11 is 1.41. The Labute approximate surface area is 189 Å². The number of rotatable bonds is 5. The topological polar surface area (TPSA) is 76.9 Å². The summed E-state index contributed by atoms with van der Waals surface area (Å²) in [6.07, 6.45) is 4.20. The maximum atomic E-state index is 13.2. The van der Waals surface area contributed by atoms with E-state index in [9.17, 15) is 9.59 Å². The molecule has 0 bridgehead atoms. The number of hydrogen-bond acceptors (Lipinski definition) is 5. The molecule has 0 spiro atoms. The van der Waals surface area contributed by atoms with Crippen LogP contribution in [0.15, 0.2) is 22.2 Å². The molecule has 1 N–H and O–H groups in total. The molecule has 0 aliphatic carbocycles. The minimum atomic E-state index is -1.96. The van der Waals surface area contributed by atoms with Crippen molar-refractivity contribution >= 4 is 36.8 Å². The van der Waals surface area contributed by atoms with Gasteiger partial charge in [-0.15, -0.1) is 5.54 Å². The lowest BCUT2D eigenvalue weighted by molar-refractivity contribution is -0.121. The van der Waals surface area contributed by atoms with Gasteiger partial charge in [-0.3, -0.25) is 14.2 Å². The van der Waals surface area contributed by atoms with Crippen LogP contribution in [0.1, 0.15) is 59.6 Å². The molecule has 1 saturated heterocycles. The summed E-state index contributed by atoms with van der Waals surface area (Å²) in [5.74, 6) is 3.25. The van der Waals surface area contributed by atoms with Crippen LogP contribution in [0.25, 0.3) is 11.0 Å². The summed E-state index contributed by atoms with van der Waals surface area (Å²) in [4.78, 5) is 34.6. The normalized spacial score (nSPS) is 16.8. The molecular formula is C23H32N4O2SSi. The first-order valence-corrected chi connectivity index (χ1v) is 14.4. The quantitative estimate of drug-likeness (QED) is 0.317. The third kappa shape index (κ3) is 4.18. The van der Waals surface area contributed by atoms with Crippen LogP contribution in [-0.4, -0.2) is 41.3 Å². The highest BCUT2D eigenvalue weighted by Crippen LogP contribution is 2.40. The summed E-state index contributed by atoms with van der Waals surface area (Å²) in [5.41, 5.74) is 6.08. The largest absolute Gasteiger partial charge is 0.354 e. The minimum absolute atomic E-state index is 0.141. The number of nitrogens with zero attached hydrogens (tertiary/aromatic N) is 3. The Bertz CT molecular complexity index is 1090. The van der Waals surface area contributed by atoms with Crippen LogP contribution in [0.3, 0.4) is 0 Å². The molecule has 0 saturated carbocycles. The number of fused-ring (bicyclic) bond motifs is 1. The molecule has 1 amide bonds. The van der Waals surface area contributed by atoms with Gasteiger partial charge in [0.25, 0.3) is 5.56 Å². The molecule has 0 aromatic carbocycles. The molecule has 2 aromatic rings. The van der Waals surface area contributed by atoms with E-state index in [2.05, 4.69) is 68.3 Å². The van der Waals surface area contributed by atoms with Gasteiger partial charge in [-0.05, 0) is 29.3 Å². The molecule has 1 fully saturated rings. The second-order valence-electron chi connectivity index (χ2n) is 9.10. The first-order valence-electron chi connectivity index (χ1n) is 10.9. The van der Waals surface area contributed by atoms with E-state index < -0.39 is 14.1 Å². The lowest BCUT2D eigenvalue weighted by Crippen LogP contribution is -2.43. The van der Waals surface area contributed by atoms with E-state index in [-0.39, 0.29) is 11.5 Å². The molecule has 3 heterocycles. The van der Waals surface area contributed by atoms with Gasteiger partial charge in [-0.2, -0.15) is 0 Å². The van der Waals surface area contributed by atoms with E-state index in [1.807, 2.05) is 6.26 Å². The van der Waals surface area contributed by atoms with Crippen molar-refractivity contribution in [1.29, 1.82) is 0 Å². The lowest BCUT2D eigenvalue weighted by Gasteiger charge is -2.38. The first-order chi connectivity index (χ1) is 14.6. The van der Waals surface area contributed by atoms with Gasteiger partial charge < -0.3 is 5.32 Å². The third-order valence-corrected chi connectivity index (χ3v) is 13.4. The lowest BCUT2D eigenvalue weighted by atomic mass is 10.1. The van der Waals surface area contributed by atoms with Crippen molar-refractivity contribution < 1.29 is 4.79 Å². The number of carbonyl (C=O) groups excluding carboxylic acids is 1. The summed E-state index contributed by atoms with van der Waals surface area (Å²) < 4.78 is 1.52. The highest BCUT2D eigenvalue weighted by atomic mass is 32.2. The second kappa shape index (κ2) is 9.17. The van der Waals surface area contributed by atoms with Gasteiger partial charge in [-0.25, -0.2) is 9.97 Å². The van der Waals surface area contributed by atoms with E-state index in [4.69, 9.17) is 0 Å². The fourth-order valence-electron chi connectivity index (χ4n) is 5.04. The van der Waals surface area contributed by atoms with Gasteiger partial charge in [0.2, 0.25) is 5.91 Å². The number of pyridine rings is 1. The van der Waals surface area contributed by atoms with Gasteiger partial charge in [-0.1, -0.05) is 59.2 Å². The van der Waals surface area contributed by atoms with Crippen molar-refractivity contribution in [1.82, 2.24) is 19.9 Å². The molecule has 1 aliphatic heterocycles. The maximum absolute atomic E-state index is 13.2. The Morgan fingerprint density at radius 1 is 1.16 bits per heavy atom. The van der Waals surface area contributed by atoms with Crippen molar-refractivity contribution in [2.75, 3.05) is 12.8 Å². The van der Waals surface area contributed by atoms with Crippen molar-refractivity contribution in [3.63, 3.8) is 0 Å². The van der Waals surface area contributed by atoms with Crippen molar-refractivity contribution in [2.45, 2.75) is 75.8 Å². The summed E-state index contributed by atoms with van der Waals surface area (Å²) in [7, 11) is -1.96. The SMILES string of the molecule is CSc1ncc2c(C#C[Si](C(C)C)(C(C)C)C(C)C)cc(=O)n(C3CCNC3=O)c2n1. The van der Waals surface area contributed by atoms with E-state index >= 15 is 0 Å². The minimum Gasteiger partial charge on any atom is -0.354 e. The highest BCUT2D eigenvalue weighted by molar-refractivity contribution is 7.98. The van der Waals surface area contributed by atoms with Crippen molar-refractivity contribution in [3.8, 4) is 11.5 Å². The number of nitrogens with one attached hydrogen (secondary N) is 1. The predicted molar refractivity (Wildman–Crippen MR) is 130 cm³/mol. The molecule has 2 aromatic heterocycles. The summed E-state index contributed by atoms with van der Waals surface area (Å²) in [6.45, 7) is 14.2. The van der Waals surface area contributed by atoms with Gasteiger partial charge in [0.05, 0.1) is 5.39 Å². The highest BCUT2D eigenvalue weighted by Gasteiger charge is 2.41. The van der Waals surface area contributed by atoms with Crippen LogP contribution in [0.2, 0.25) is 16.6 Å². The summed E-state index contributed by atoms with van der Waals surface area (Å²) in [6, 6.07) is 1.01. The molecule has 3 rings (SSSR count). The van der Waals surface area contributed by atoms with Crippen LogP contribution >= 0.6 is 11.8 Å². The molecule has 6 nitrogen and oxygen atoms in total. The van der Waals surface area contributed by atoms with Crippen molar-refractivity contribution in [2.24, 2.45) is 0 Å².